The molecular formula is C18H34O12Si2. The molecule has 1 aromatic carbocycles. The third-order valence-corrected chi connectivity index (χ3v) is 9.48. The van der Waals surface area contributed by atoms with Gasteiger partial charge in [-0.25, -0.2) is 0 Å². The highest BCUT2D eigenvalue weighted by atomic mass is 28.4. The van der Waals surface area contributed by atoms with Crippen molar-refractivity contribution >= 4 is 28.0 Å². The molecule has 0 saturated carbocycles. The van der Waals surface area contributed by atoms with Gasteiger partial charge in [0, 0.05) is 10.4 Å². The van der Waals surface area contributed by atoms with Crippen molar-refractivity contribution in [3.8, 4) is 0 Å². The van der Waals surface area contributed by atoms with Crippen LogP contribution < -0.4 is 10.4 Å². The first-order chi connectivity index (χ1) is 15.6. The fourth-order valence-electron chi connectivity index (χ4n) is 2.71. The van der Waals surface area contributed by atoms with Gasteiger partial charge in [0.1, 0.15) is 0 Å². The number of benzene rings is 1. The first-order valence-electron chi connectivity index (χ1n) is 10.2. The smallest absolute Gasteiger partial charge is 0.394 e. The van der Waals surface area contributed by atoms with Gasteiger partial charge in [-0.2, -0.15) is 0 Å². The first kappa shape index (κ1) is 29.2. The summed E-state index contributed by atoms with van der Waals surface area (Å²) in [5.74, 6) is 0. The van der Waals surface area contributed by atoms with Gasteiger partial charge in [-0.3, -0.25) is 0 Å². The molecule has 12 nitrogen and oxygen atoms in total. The fraction of sp³-hybridized carbons (Fsp3) is 0.667. The van der Waals surface area contributed by atoms with Crippen LogP contribution in [0.25, 0.3) is 0 Å². The van der Waals surface area contributed by atoms with E-state index >= 15 is 0 Å². The van der Waals surface area contributed by atoms with E-state index in [0.29, 0.717) is 10.4 Å². The largest absolute Gasteiger partial charge is 0.537 e. The second-order valence-electron chi connectivity index (χ2n) is 6.12. The molecule has 0 spiro atoms. The van der Waals surface area contributed by atoms with Crippen molar-refractivity contribution in [3.05, 3.63) is 24.3 Å². The summed E-state index contributed by atoms with van der Waals surface area (Å²) in [6.07, 6.45) is 0. The number of hydrogen-bond acceptors (Lipinski definition) is 12. The molecule has 1 aromatic rings. The molecular weight excluding hydrogens is 464 g/mol. The van der Waals surface area contributed by atoms with E-state index in [1.54, 1.807) is 24.3 Å². The molecule has 0 radical (unpaired) electrons. The zero-order valence-corrected chi connectivity index (χ0v) is 19.9. The monoisotopic (exact) mass is 498 g/mol. The zero-order valence-electron chi connectivity index (χ0n) is 17.9. The number of rotatable bonds is 20. The summed E-state index contributed by atoms with van der Waals surface area (Å²) in [5.41, 5.74) is 0. The molecule has 0 aliphatic carbocycles. The van der Waals surface area contributed by atoms with Gasteiger partial charge in [0.15, 0.2) is 0 Å². The summed E-state index contributed by atoms with van der Waals surface area (Å²) in [6, 6.07) is 6.51. The Kier molecular flexibility index (Phi) is 15.3. The third kappa shape index (κ3) is 8.84. The van der Waals surface area contributed by atoms with Crippen LogP contribution in [-0.4, -0.2) is 128 Å². The highest BCUT2D eigenvalue weighted by Gasteiger charge is 2.47. The van der Waals surface area contributed by atoms with Gasteiger partial charge in [-0.15, -0.1) is 0 Å². The second-order valence-corrected chi connectivity index (χ2v) is 11.2. The van der Waals surface area contributed by atoms with Crippen LogP contribution in [0, 0.1) is 0 Å². The van der Waals surface area contributed by atoms with Gasteiger partial charge in [0.05, 0.1) is 79.3 Å². The van der Waals surface area contributed by atoms with E-state index < -0.39 is 17.6 Å². The minimum atomic E-state index is -3.60. The fourth-order valence-corrected chi connectivity index (χ4v) is 7.52. The van der Waals surface area contributed by atoms with Crippen LogP contribution in [0.3, 0.4) is 0 Å². The van der Waals surface area contributed by atoms with Crippen molar-refractivity contribution in [1.82, 2.24) is 0 Å². The van der Waals surface area contributed by atoms with Gasteiger partial charge >= 0.3 is 17.6 Å². The molecule has 0 unspecified atom stereocenters. The van der Waals surface area contributed by atoms with Gasteiger partial charge < -0.3 is 57.2 Å². The van der Waals surface area contributed by atoms with Crippen LogP contribution >= 0.6 is 0 Å². The third-order valence-electron chi connectivity index (χ3n) is 3.89. The van der Waals surface area contributed by atoms with E-state index in [9.17, 15) is 30.6 Å². The Morgan fingerprint density at radius 2 is 0.594 bits per heavy atom. The SMILES string of the molecule is OCCO[Si](OCCO)(OCCO)c1ccc([Si](OCCO)(OCCO)OCCO)cc1. The Labute approximate surface area is 189 Å². The first-order valence-corrected chi connectivity index (χ1v) is 13.6. The summed E-state index contributed by atoms with van der Waals surface area (Å²) < 4.78 is 34.4. The molecule has 0 aliphatic heterocycles. The van der Waals surface area contributed by atoms with Gasteiger partial charge in [-0.05, 0) is 0 Å². The standard InChI is InChI=1S/C18H34O12Si2/c19-5-11-25-31(26-12-6-20,27-13-7-21)17-1-2-18(4-3-17)32(28-14-8-22,29-15-9-23)30-16-10-24/h1-4,19-24H,5-16H2. The van der Waals surface area contributed by atoms with E-state index in [2.05, 4.69) is 0 Å². The molecule has 186 valence electrons. The van der Waals surface area contributed by atoms with Crippen molar-refractivity contribution in [2.24, 2.45) is 0 Å². The van der Waals surface area contributed by atoms with E-state index in [1.165, 1.54) is 0 Å². The highest BCUT2D eigenvalue weighted by Crippen LogP contribution is 2.14. The van der Waals surface area contributed by atoms with Crippen LogP contribution in [0.1, 0.15) is 0 Å². The lowest BCUT2D eigenvalue weighted by Gasteiger charge is -2.31. The molecule has 0 aromatic heterocycles. The Morgan fingerprint density at radius 1 is 0.406 bits per heavy atom. The van der Waals surface area contributed by atoms with Crippen LogP contribution in [0.4, 0.5) is 0 Å². The number of aliphatic hydroxyl groups excluding tert-OH is 6. The summed E-state index contributed by atoms with van der Waals surface area (Å²) in [6.45, 7) is -2.20. The molecule has 0 amide bonds. The quantitative estimate of drug-likeness (QED) is 0.0963. The lowest BCUT2D eigenvalue weighted by molar-refractivity contribution is 0.0385. The topological polar surface area (TPSA) is 177 Å². The Hall–Kier alpha value is -0.826. The second kappa shape index (κ2) is 16.7. The molecule has 0 fully saturated rings. The van der Waals surface area contributed by atoms with Gasteiger partial charge in [-0.1, -0.05) is 24.3 Å². The Balaban J connectivity index is 3.34. The van der Waals surface area contributed by atoms with Gasteiger partial charge in [0.25, 0.3) is 0 Å². The van der Waals surface area contributed by atoms with Crippen LogP contribution in [0.2, 0.25) is 0 Å². The zero-order chi connectivity index (χ0) is 23.7. The summed E-state index contributed by atoms with van der Waals surface area (Å²) in [5, 5.41) is 56.2. The molecule has 0 heterocycles. The summed E-state index contributed by atoms with van der Waals surface area (Å²) in [4.78, 5) is 0. The average molecular weight is 499 g/mol. The van der Waals surface area contributed by atoms with Crippen LogP contribution in [0.5, 0.6) is 0 Å². The predicted molar refractivity (Wildman–Crippen MR) is 115 cm³/mol. The Bertz CT molecular complexity index is 497. The molecule has 1 rings (SSSR count). The maximum absolute atomic E-state index is 9.21. The molecule has 6 N–H and O–H groups in total. The maximum atomic E-state index is 9.21. The molecule has 14 heteroatoms. The average Bonchev–Trinajstić information content (AvgIpc) is 2.84. The van der Waals surface area contributed by atoms with E-state index in [0.717, 1.165) is 0 Å². The maximum Gasteiger partial charge on any atom is 0.537 e. The molecule has 0 aliphatic rings. The van der Waals surface area contributed by atoms with E-state index in [-0.39, 0.29) is 79.3 Å². The summed E-state index contributed by atoms with van der Waals surface area (Å²) in [7, 11) is -7.20. The predicted octanol–water partition coefficient (Wildman–Crippen LogP) is -3.97. The number of aliphatic hydroxyl groups is 6. The van der Waals surface area contributed by atoms with Crippen molar-refractivity contribution < 1.29 is 57.2 Å². The molecule has 0 saturated heterocycles. The molecule has 32 heavy (non-hydrogen) atoms. The summed E-state index contributed by atoms with van der Waals surface area (Å²) >= 11 is 0. The van der Waals surface area contributed by atoms with E-state index in [4.69, 9.17) is 26.6 Å². The van der Waals surface area contributed by atoms with Crippen molar-refractivity contribution in [2.45, 2.75) is 0 Å². The lowest BCUT2D eigenvalue weighted by atomic mass is 10.4. The van der Waals surface area contributed by atoms with Gasteiger partial charge in [0.2, 0.25) is 0 Å². The van der Waals surface area contributed by atoms with Crippen molar-refractivity contribution in [3.63, 3.8) is 0 Å². The van der Waals surface area contributed by atoms with Crippen LogP contribution in [0.15, 0.2) is 24.3 Å². The van der Waals surface area contributed by atoms with Crippen molar-refractivity contribution in [1.29, 1.82) is 0 Å². The minimum Gasteiger partial charge on any atom is -0.394 e. The minimum absolute atomic E-state index is 0.0810. The molecule has 0 bridgehead atoms. The number of hydrogen-bond donors (Lipinski definition) is 6. The highest BCUT2D eigenvalue weighted by molar-refractivity contribution is 6.77. The normalized spacial score (nSPS) is 12.4. The Morgan fingerprint density at radius 3 is 0.750 bits per heavy atom. The lowest BCUT2D eigenvalue weighted by Crippen LogP contribution is -2.60. The molecule has 0 atom stereocenters. The van der Waals surface area contributed by atoms with Crippen molar-refractivity contribution in [2.75, 3.05) is 79.3 Å². The van der Waals surface area contributed by atoms with E-state index in [1.807, 2.05) is 0 Å². The van der Waals surface area contributed by atoms with Crippen LogP contribution in [-0.2, 0) is 26.6 Å².